The standard InChI is InChI=1S/C11H10FNO4S/c1-18(16,17)6-5-13-9-7(10(14)11(13)15)3-2-4-8(9)12/h2-4H,5-6H2,1H3. The number of benzene rings is 1. The van der Waals surface area contributed by atoms with Crippen molar-refractivity contribution in [2.24, 2.45) is 0 Å². The molecule has 0 aliphatic carbocycles. The molecule has 1 aromatic carbocycles. The number of hydrogen-bond acceptors (Lipinski definition) is 4. The average Bonchev–Trinajstić information content (AvgIpc) is 2.51. The molecule has 96 valence electrons. The normalized spacial score (nSPS) is 15.1. The van der Waals surface area contributed by atoms with E-state index in [2.05, 4.69) is 0 Å². The number of ketones is 1. The predicted octanol–water partition coefficient (Wildman–Crippen LogP) is 0.400. The van der Waals surface area contributed by atoms with Crippen molar-refractivity contribution < 1.29 is 22.4 Å². The Kier molecular flexibility index (Phi) is 2.94. The molecule has 5 nitrogen and oxygen atoms in total. The second-order valence-electron chi connectivity index (χ2n) is 4.05. The summed E-state index contributed by atoms with van der Waals surface area (Å²) in [6.07, 6.45) is 1.01. The predicted molar refractivity (Wildman–Crippen MR) is 62.8 cm³/mol. The van der Waals surface area contributed by atoms with E-state index in [9.17, 15) is 22.4 Å². The molecule has 0 fully saturated rings. The molecular formula is C11H10FNO4S. The van der Waals surface area contributed by atoms with Crippen LogP contribution in [-0.2, 0) is 14.6 Å². The molecule has 2 rings (SSSR count). The van der Waals surface area contributed by atoms with Gasteiger partial charge in [0.2, 0.25) is 0 Å². The SMILES string of the molecule is CS(=O)(=O)CCN1C(=O)C(=O)c2cccc(F)c21. The number of carbonyl (C=O) groups is 2. The summed E-state index contributed by atoms with van der Waals surface area (Å²) in [7, 11) is -3.30. The van der Waals surface area contributed by atoms with Crippen molar-refractivity contribution in [3.63, 3.8) is 0 Å². The van der Waals surface area contributed by atoms with Gasteiger partial charge in [0.25, 0.3) is 11.7 Å². The van der Waals surface area contributed by atoms with Crippen LogP contribution in [0.25, 0.3) is 0 Å². The zero-order valence-electron chi connectivity index (χ0n) is 9.51. The van der Waals surface area contributed by atoms with Crippen LogP contribution in [0.1, 0.15) is 10.4 Å². The summed E-state index contributed by atoms with van der Waals surface area (Å²) in [6.45, 7) is -0.225. The minimum atomic E-state index is -3.30. The van der Waals surface area contributed by atoms with Gasteiger partial charge in [0.1, 0.15) is 15.7 Å². The Hall–Kier alpha value is -1.76. The van der Waals surface area contributed by atoms with Crippen molar-refractivity contribution in [3.8, 4) is 0 Å². The first-order valence-corrected chi connectivity index (χ1v) is 7.20. The second-order valence-corrected chi connectivity index (χ2v) is 6.31. The van der Waals surface area contributed by atoms with Crippen LogP contribution < -0.4 is 4.90 Å². The monoisotopic (exact) mass is 271 g/mol. The number of carbonyl (C=O) groups excluding carboxylic acids is 2. The summed E-state index contributed by atoms with van der Waals surface area (Å²) in [6, 6.07) is 3.80. The summed E-state index contributed by atoms with van der Waals surface area (Å²) < 4.78 is 35.7. The molecule has 1 heterocycles. The largest absolute Gasteiger partial charge is 0.301 e. The first-order chi connectivity index (χ1) is 8.31. The highest BCUT2D eigenvalue weighted by molar-refractivity contribution is 7.90. The Morgan fingerprint density at radius 1 is 1.28 bits per heavy atom. The van der Waals surface area contributed by atoms with E-state index >= 15 is 0 Å². The maximum Gasteiger partial charge on any atom is 0.299 e. The summed E-state index contributed by atoms with van der Waals surface area (Å²) in [5.41, 5.74) is -0.148. The lowest BCUT2D eigenvalue weighted by molar-refractivity contribution is -0.114. The van der Waals surface area contributed by atoms with E-state index in [1.807, 2.05) is 0 Å². The fraction of sp³-hybridized carbons (Fsp3) is 0.273. The van der Waals surface area contributed by atoms with Crippen molar-refractivity contribution >= 4 is 27.2 Å². The van der Waals surface area contributed by atoms with Gasteiger partial charge in [-0.3, -0.25) is 9.59 Å². The van der Waals surface area contributed by atoms with Crippen LogP contribution in [0.15, 0.2) is 18.2 Å². The van der Waals surface area contributed by atoms with Crippen LogP contribution in [0.5, 0.6) is 0 Å². The molecule has 0 bridgehead atoms. The number of Topliss-reactive ketones (excluding diaryl/α,β-unsaturated/α-hetero) is 1. The maximum absolute atomic E-state index is 13.6. The Morgan fingerprint density at radius 3 is 2.56 bits per heavy atom. The van der Waals surface area contributed by atoms with E-state index in [0.717, 1.165) is 17.2 Å². The van der Waals surface area contributed by atoms with E-state index in [1.54, 1.807) is 0 Å². The number of sulfone groups is 1. The third-order valence-corrected chi connectivity index (χ3v) is 3.55. The first-order valence-electron chi connectivity index (χ1n) is 5.13. The van der Waals surface area contributed by atoms with Crippen LogP contribution >= 0.6 is 0 Å². The number of hydrogen-bond donors (Lipinski definition) is 0. The Balaban J connectivity index is 2.40. The highest BCUT2D eigenvalue weighted by Gasteiger charge is 2.37. The van der Waals surface area contributed by atoms with Crippen LogP contribution in [0.2, 0.25) is 0 Å². The number of halogens is 1. The van der Waals surface area contributed by atoms with E-state index in [1.165, 1.54) is 12.1 Å². The van der Waals surface area contributed by atoms with E-state index in [0.29, 0.717) is 0 Å². The molecular weight excluding hydrogens is 261 g/mol. The zero-order chi connectivity index (χ0) is 13.5. The van der Waals surface area contributed by atoms with Crippen LogP contribution in [0, 0.1) is 5.82 Å². The number of nitrogens with zero attached hydrogens (tertiary/aromatic N) is 1. The van der Waals surface area contributed by atoms with Crippen molar-refractivity contribution in [1.82, 2.24) is 0 Å². The second kappa shape index (κ2) is 4.16. The molecule has 0 atom stereocenters. The van der Waals surface area contributed by atoms with Crippen LogP contribution in [0.3, 0.4) is 0 Å². The number of fused-ring (bicyclic) bond motifs is 1. The Labute approximate surface area is 103 Å². The lowest BCUT2D eigenvalue weighted by Crippen LogP contribution is -2.34. The number of anilines is 1. The molecule has 0 aromatic heterocycles. The molecule has 0 N–H and O–H groups in total. The molecule has 1 aliphatic heterocycles. The van der Waals surface area contributed by atoms with E-state index < -0.39 is 27.3 Å². The zero-order valence-corrected chi connectivity index (χ0v) is 10.3. The van der Waals surface area contributed by atoms with Crippen molar-refractivity contribution in [2.45, 2.75) is 0 Å². The maximum atomic E-state index is 13.6. The van der Waals surface area contributed by atoms with E-state index in [-0.39, 0.29) is 23.5 Å². The minimum absolute atomic E-state index is 0.0199. The molecule has 0 radical (unpaired) electrons. The number of amides is 1. The van der Waals surface area contributed by atoms with Crippen molar-refractivity contribution in [2.75, 3.05) is 23.5 Å². The Morgan fingerprint density at radius 2 is 1.94 bits per heavy atom. The molecule has 0 saturated heterocycles. The highest BCUT2D eigenvalue weighted by Crippen LogP contribution is 2.31. The fourth-order valence-corrected chi connectivity index (χ4v) is 2.30. The quantitative estimate of drug-likeness (QED) is 0.746. The summed E-state index contributed by atoms with van der Waals surface area (Å²) in [4.78, 5) is 24.1. The molecule has 1 aliphatic rings. The average molecular weight is 271 g/mol. The van der Waals surface area contributed by atoms with Gasteiger partial charge in [-0.15, -0.1) is 0 Å². The van der Waals surface area contributed by atoms with Gasteiger partial charge in [0, 0.05) is 12.8 Å². The van der Waals surface area contributed by atoms with Gasteiger partial charge >= 0.3 is 0 Å². The van der Waals surface area contributed by atoms with E-state index in [4.69, 9.17) is 0 Å². The van der Waals surface area contributed by atoms with Crippen molar-refractivity contribution in [1.29, 1.82) is 0 Å². The number of para-hydroxylation sites is 1. The highest BCUT2D eigenvalue weighted by atomic mass is 32.2. The van der Waals surface area contributed by atoms with Gasteiger partial charge in [-0.1, -0.05) is 6.07 Å². The van der Waals surface area contributed by atoms with Gasteiger partial charge in [-0.2, -0.15) is 0 Å². The lowest BCUT2D eigenvalue weighted by atomic mass is 10.1. The topological polar surface area (TPSA) is 71.5 Å². The smallest absolute Gasteiger partial charge is 0.299 e. The summed E-state index contributed by atoms with van der Waals surface area (Å²) in [5, 5.41) is 0. The lowest BCUT2D eigenvalue weighted by Gasteiger charge is -2.16. The molecule has 7 heteroatoms. The minimum Gasteiger partial charge on any atom is -0.301 e. The van der Waals surface area contributed by atoms with Gasteiger partial charge in [-0.25, -0.2) is 12.8 Å². The molecule has 1 amide bonds. The molecule has 0 unspecified atom stereocenters. The number of rotatable bonds is 3. The van der Waals surface area contributed by atoms with Gasteiger partial charge in [0.05, 0.1) is 17.0 Å². The van der Waals surface area contributed by atoms with Crippen LogP contribution in [0.4, 0.5) is 10.1 Å². The summed E-state index contributed by atoms with van der Waals surface area (Å²) >= 11 is 0. The van der Waals surface area contributed by atoms with Gasteiger partial charge in [-0.05, 0) is 12.1 Å². The third kappa shape index (κ3) is 2.13. The summed E-state index contributed by atoms with van der Waals surface area (Å²) in [5.74, 6) is -2.73. The first kappa shape index (κ1) is 12.7. The van der Waals surface area contributed by atoms with Crippen LogP contribution in [-0.4, -0.2) is 38.7 Å². The van der Waals surface area contributed by atoms with Gasteiger partial charge in [0.15, 0.2) is 0 Å². The van der Waals surface area contributed by atoms with Gasteiger partial charge < -0.3 is 4.90 Å². The molecule has 18 heavy (non-hydrogen) atoms. The fourth-order valence-electron chi connectivity index (χ4n) is 1.78. The molecule has 1 aromatic rings. The van der Waals surface area contributed by atoms with Crippen molar-refractivity contribution in [3.05, 3.63) is 29.6 Å². The molecule has 0 spiro atoms. The third-order valence-electron chi connectivity index (χ3n) is 2.63. The molecule has 0 saturated carbocycles. The Bertz CT molecular complexity index is 638.